The standard InChI is InChI=1S/C22H22FN3OS/c23-19-12-6-15(7-13-19)14-20-25-26-22(28-20)24-21(27)18-10-8-17(9-11-18)16-4-2-1-3-5-16/h6-13,16H,1-5,14H2,(H,24,26,27). The second kappa shape index (κ2) is 8.61. The molecule has 1 fully saturated rings. The first-order chi connectivity index (χ1) is 13.7. The molecule has 1 aliphatic rings. The Morgan fingerprint density at radius 1 is 1.00 bits per heavy atom. The molecule has 2 aromatic carbocycles. The molecule has 1 N–H and O–H groups in total. The van der Waals surface area contributed by atoms with Crippen LogP contribution in [0.3, 0.4) is 0 Å². The number of nitrogens with one attached hydrogen (secondary N) is 1. The van der Waals surface area contributed by atoms with Crippen LogP contribution in [0, 0.1) is 5.82 Å². The highest BCUT2D eigenvalue weighted by Crippen LogP contribution is 2.32. The summed E-state index contributed by atoms with van der Waals surface area (Å²) in [4.78, 5) is 12.5. The van der Waals surface area contributed by atoms with E-state index in [9.17, 15) is 9.18 Å². The first kappa shape index (κ1) is 18.7. The van der Waals surface area contributed by atoms with Crippen molar-refractivity contribution in [3.8, 4) is 0 Å². The second-order valence-corrected chi connectivity index (χ2v) is 8.28. The molecule has 4 rings (SSSR count). The maximum absolute atomic E-state index is 13.0. The second-order valence-electron chi connectivity index (χ2n) is 7.22. The predicted molar refractivity (Wildman–Crippen MR) is 109 cm³/mol. The van der Waals surface area contributed by atoms with Crippen molar-refractivity contribution in [2.24, 2.45) is 0 Å². The van der Waals surface area contributed by atoms with E-state index >= 15 is 0 Å². The zero-order chi connectivity index (χ0) is 19.3. The predicted octanol–water partition coefficient (Wildman–Crippen LogP) is 5.57. The number of nitrogens with zero attached hydrogens (tertiary/aromatic N) is 2. The van der Waals surface area contributed by atoms with Crippen molar-refractivity contribution < 1.29 is 9.18 Å². The molecule has 0 atom stereocenters. The van der Waals surface area contributed by atoms with Crippen LogP contribution in [0.5, 0.6) is 0 Å². The zero-order valence-electron chi connectivity index (χ0n) is 15.5. The lowest BCUT2D eigenvalue weighted by molar-refractivity contribution is 0.102. The zero-order valence-corrected chi connectivity index (χ0v) is 16.3. The average molecular weight is 396 g/mol. The number of benzene rings is 2. The van der Waals surface area contributed by atoms with Crippen LogP contribution in [0.25, 0.3) is 0 Å². The van der Waals surface area contributed by atoms with Gasteiger partial charge in [0.15, 0.2) is 0 Å². The Balaban J connectivity index is 1.37. The molecule has 0 spiro atoms. The molecule has 0 aliphatic heterocycles. The van der Waals surface area contributed by atoms with Crippen molar-refractivity contribution in [3.63, 3.8) is 0 Å². The average Bonchev–Trinajstić information content (AvgIpc) is 3.17. The molecular formula is C22H22FN3OS. The summed E-state index contributed by atoms with van der Waals surface area (Å²) < 4.78 is 13.0. The number of carbonyl (C=O) groups excluding carboxylic acids is 1. The third-order valence-electron chi connectivity index (χ3n) is 5.21. The maximum atomic E-state index is 13.0. The first-order valence-electron chi connectivity index (χ1n) is 9.65. The summed E-state index contributed by atoms with van der Waals surface area (Å²) in [6.45, 7) is 0. The molecule has 1 aliphatic carbocycles. The van der Waals surface area contributed by atoms with Crippen LogP contribution < -0.4 is 5.32 Å². The van der Waals surface area contributed by atoms with Gasteiger partial charge in [-0.1, -0.05) is 54.9 Å². The summed E-state index contributed by atoms with van der Waals surface area (Å²) in [5, 5.41) is 12.2. The Bertz CT molecular complexity index is 931. The summed E-state index contributed by atoms with van der Waals surface area (Å²) in [7, 11) is 0. The van der Waals surface area contributed by atoms with E-state index in [2.05, 4.69) is 27.6 Å². The molecule has 6 heteroatoms. The first-order valence-corrected chi connectivity index (χ1v) is 10.5. The number of anilines is 1. The van der Waals surface area contributed by atoms with Gasteiger partial charge in [-0.15, -0.1) is 10.2 Å². The number of aromatic nitrogens is 2. The van der Waals surface area contributed by atoms with Crippen LogP contribution in [-0.2, 0) is 6.42 Å². The van der Waals surface area contributed by atoms with Gasteiger partial charge in [0.05, 0.1) is 0 Å². The number of carbonyl (C=O) groups is 1. The molecule has 0 bridgehead atoms. The minimum atomic E-state index is -0.261. The molecule has 0 saturated heterocycles. The van der Waals surface area contributed by atoms with Crippen molar-refractivity contribution in [3.05, 3.63) is 76.0 Å². The highest BCUT2D eigenvalue weighted by atomic mass is 32.1. The van der Waals surface area contributed by atoms with Crippen LogP contribution in [0.2, 0.25) is 0 Å². The van der Waals surface area contributed by atoms with E-state index in [4.69, 9.17) is 0 Å². The minimum absolute atomic E-state index is 0.181. The highest BCUT2D eigenvalue weighted by Gasteiger charge is 2.16. The van der Waals surface area contributed by atoms with Gasteiger partial charge in [0.2, 0.25) is 5.13 Å². The van der Waals surface area contributed by atoms with E-state index in [0.717, 1.165) is 10.6 Å². The van der Waals surface area contributed by atoms with Crippen molar-refractivity contribution in [2.75, 3.05) is 5.32 Å². The van der Waals surface area contributed by atoms with Gasteiger partial charge >= 0.3 is 0 Å². The molecule has 1 saturated carbocycles. The minimum Gasteiger partial charge on any atom is -0.296 e. The highest BCUT2D eigenvalue weighted by molar-refractivity contribution is 7.15. The summed E-state index contributed by atoms with van der Waals surface area (Å²) in [6, 6.07) is 14.2. The largest absolute Gasteiger partial charge is 0.296 e. The van der Waals surface area contributed by atoms with E-state index in [0.29, 0.717) is 23.0 Å². The molecule has 1 aromatic heterocycles. The monoisotopic (exact) mass is 395 g/mol. The molecule has 1 amide bonds. The Kier molecular flexibility index (Phi) is 5.76. The smallest absolute Gasteiger partial charge is 0.257 e. The van der Waals surface area contributed by atoms with Gasteiger partial charge in [-0.25, -0.2) is 4.39 Å². The van der Waals surface area contributed by atoms with Crippen LogP contribution >= 0.6 is 11.3 Å². The fraction of sp³-hybridized carbons (Fsp3) is 0.318. The van der Waals surface area contributed by atoms with Crippen molar-refractivity contribution >= 4 is 22.4 Å². The van der Waals surface area contributed by atoms with Crippen LogP contribution in [0.1, 0.15) is 64.5 Å². The van der Waals surface area contributed by atoms with Crippen LogP contribution in [0.15, 0.2) is 48.5 Å². The topological polar surface area (TPSA) is 54.9 Å². The number of hydrogen-bond acceptors (Lipinski definition) is 4. The molecule has 3 aromatic rings. The molecule has 0 radical (unpaired) electrons. The van der Waals surface area contributed by atoms with Gasteiger partial charge in [-0.3, -0.25) is 10.1 Å². The summed E-state index contributed by atoms with van der Waals surface area (Å²) in [5.41, 5.74) is 2.90. The number of halogens is 1. The number of hydrogen-bond donors (Lipinski definition) is 1. The van der Waals surface area contributed by atoms with Gasteiger partial charge in [0.1, 0.15) is 10.8 Å². The Morgan fingerprint density at radius 2 is 1.71 bits per heavy atom. The van der Waals surface area contributed by atoms with E-state index in [1.807, 2.05) is 12.1 Å². The fourth-order valence-corrected chi connectivity index (χ4v) is 4.43. The third-order valence-corrected chi connectivity index (χ3v) is 6.04. The molecule has 4 nitrogen and oxygen atoms in total. The summed E-state index contributed by atoms with van der Waals surface area (Å²) in [6.07, 6.45) is 6.97. The van der Waals surface area contributed by atoms with E-state index in [1.165, 1.54) is 61.1 Å². The van der Waals surface area contributed by atoms with Crippen molar-refractivity contribution in [2.45, 2.75) is 44.4 Å². The van der Waals surface area contributed by atoms with Gasteiger partial charge in [0.25, 0.3) is 5.91 Å². The lowest BCUT2D eigenvalue weighted by Crippen LogP contribution is -2.12. The Hall–Kier alpha value is -2.60. The van der Waals surface area contributed by atoms with Crippen molar-refractivity contribution in [1.82, 2.24) is 10.2 Å². The quantitative estimate of drug-likeness (QED) is 0.615. The number of rotatable bonds is 5. The van der Waals surface area contributed by atoms with Gasteiger partial charge in [-0.2, -0.15) is 0 Å². The Labute approximate surface area is 167 Å². The number of amides is 1. The van der Waals surface area contributed by atoms with Gasteiger partial charge in [0, 0.05) is 12.0 Å². The summed E-state index contributed by atoms with van der Waals surface area (Å²) in [5.74, 6) is 0.186. The molecule has 28 heavy (non-hydrogen) atoms. The van der Waals surface area contributed by atoms with Gasteiger partial charge < -0.3 is 0 Å². The van der Waals surface area contributed by atoms with E-state index < -0.39 is 0 Å². The molecule has 144 valence electrons. The molecule has 0 unspecified atom stereocenters. The maximum Gasteiger partial charge on any atom is 0.257 e. The normalized spacial score (nSPS) is 14.8. The lowest BCUT2D eigenvalue weighted by Gasteiger charge is -2.22. The van der Waals surface area contributed by atoms with Gasteiger partial charge in [-0.05, 0) is 54.2 Å². The van der Waals surface area contributed by atoms with Crippen molar-refractivity contribution in [1.29, 1.82) is 0 Å². The lowest BCUT2D eigenvalue weighted by atomic mass is 9.84. The van der Waals surface area contributed by atoms with E-state index in [1.54, 1.807) is 12.1 Å². The third kappa shape index (κ3) is 4.62. The Morgan fingerprint density at radius 3 is 2.43 bits per heavy atom. The molecular weight excluding hydrogens is 373 g/mol. The van der Waals surface area contributed by atoms with E-state index in [-0.39, 0.29) is 11.7 Å². The SMILES string of the molecule is O=C(Nc1nnc(Cc2ccc(F)cc2)s1)c1ccc(C2CCCCC2)cc1. The van der Waals surface area contributed by atoms with Crippen LogP contribution in [-0.4, -0.2) is 16.1 Å². The summed E-state index contributed by atoms with van der Waals surface area (Å²) >= 11 is 1.33. The fourth-order valence-electron chi connectivity index (χ4n) is 3.66. The van der Waals surface area contributed by atoms with Crippen LogP contribution in [0.4, 0.5) is 9.52 Å². The molecule has 1 heterocycles.